The maximum Gasteiger partial charge on any atom is 0.0541 e. The molecule has 0 radical (unpaired) electrons. The molecule has 1 heterocycles. The fourth-order valence-electron chi connectivity index (χ4n) is 1.44. The molecule has 0 aromatic carbocycles. The smallest absolute Gasteiger partial charge is 0.0541 e. The number of nitrogens with two attached hydrogens (primary N) is 1. The molecule has 1 atom stereocenters. The highest BCUT2D eigenvalue weighted by Gasteiger charge is 2.12. The van der Waals surface area contributed by atoms with Crippen LogP contribution in [0.3, 0.4) is 0 Å². The van der Waals surface area contributed by atoms with Gasteiger partial charge in [0.2, 0.25) is 0 Å². The molecule has 2 nitrogen and oxygen atoms in total. The van der Waals surface area contributed by atoms with Gasteiger partial charge in [-0.3, -0.25) is 0 Å². The van der Waals surface area contributed by atoms with E-state index in [1.165, 1.54) is 9.75 Å². The second kappa shape index (κ2) is 5.49. The van der Waals surface area contributed by atoms with Crippen molar-refractivity contribution in [3.63, 3.8) is 0 Å². The summed E-state index contributed by atoms with van der Waals surface area (Å²) >= 11 is 1.87. The first-order valence-corrected chi connectivity index (χ1v) is 6.03. The van der Waals surface area contributed by atoms with Crippen molar-refractivity contribution < 1.29 is 0 Å². The van der Waals surface area contributed by atoms with Crippen LogP contribution >= 0.6 is 11.3 Å². The summed E-state index contributed by atoms with van der Waals surface area (Å²) in [6.45, 7) is 7.15. The van der Waals surface area contributed by atoms with Crippen LogP contribution in [0.4, 0.5) is 0 Å². The highest BCUT2D eigenvalue weighted by Crippen LogP contribution is 2.23. The third kappa shape index (κ3) is 3.08. The minimum Gasteiger partial charge on any atom is -0.329 e. The molecule has 1 rings (SSSR count). The lowest BCUT2D eigenvalue weighted by Gasteiger charge is -2.18. The Kier molecular flexibility index (Phi) is 4.58. The lowest BCUT2D eigenvalue weighted by molar-refractivity contribution is 0.489. The third-order valence-corrected chi connectivity index (χ3v) is 3.49. The summed E-state index contributed by atoms with van der Waals surface area (Å²) in [5.74, 6) is 0. The highest BCUT2D eigenvalue weighted by molar-refractivity contribution is 7.12. The summed E-state index contributed by atoms with van der Waals surface area (Å²) in [6, 6.07) is 5.19. The van der Waals surface area contributed by atoms with E-state index in [2.05, 4.69) is 38.2 Å². The number of thiophene rings is 1. The largest absolute Gasteiger partial charge is 0.329 e. The molecule has 0 saturated heterocycles. The van der Waals surface area contributed by atoms with Crippen molar-refractivity contribution in [3.8, 4) is 0 Å². The van der Waals surface area contributed by atoms with Gasteiger partial charge in [0, 0.05) is 22.3 Å². The predicted molar refractivity (Wildman–Crippen MR) is 63.8 cm³/mol. The van der Waals surface area contributed by atoms with E-state index in [1.54, 1.807) is 0 Å². The Balaban J connectivity index is 2.68. The van der Waals surface area contributed by atoms with Crippen molar-refractivity contribution in [3.05, 3.63) is 21.9 Å². The third-order valence-electron chi connectivity index (χ3n) is 2.14. The fourth-order valence-corrected chi connectivity index (χ4v) is 2.47. The van der Waals surface area contributed by atoms with Gasteiger partial charge in [-0.1, -0.05) is 20.8 Å². The van der Waals surface area contributed by atoms with Gasteiger partial charge < -0.3 is 11.1 Å². The molecule has 80 valence electrons. The number of aryl methyl sites for hydroxylation is 1. The number of rotatable bonds is 5. The van der Waals surface area contributed by atoms with Crippen LogP contribution < -0.4 is 11.1 Å². The summed E-state index contributed by atoms with van der Waals surface area (Å²) in [5, 5.41) is 3.47. The van der Waals surface area contributed by atoms with E-state index >= 15 is 0 Å². The monoisotopic (exact) mass is 212 g/mol. The first-order chi connectivity index (χ1) is 6.67. The number of nitrogens with one attached hydrogen (secondary N) is 1. The van der Waals surface area contributed by atoms with E-state index < -0.39 is 0 Å². The molecule has 0 bridgehead atoms. The molecule has 14 heavy (non-hydrogen) atoms. The molecule has 0 saturated carbocycles. The minimum atomic E-state index is 0.320. The van der Waals surface area contributed by atoms with Crippen LogP contribution in [0.25, 0.3) is 0 Å². The Morgan fingerprint density at radius 3 is 2.57 bits per heavy atom. The van der Waals surface area contributed by atoms with E-state index in [-0.39, 0.29) is 0 Å². The summed E-state index contributed by atoms with van der Waals surface area (Å²) in [7, 11) is 0. The fraction of sp³-hybridized carbons (Fsp3) is 0.636. The van der Waals surface area contributed by atoms with Gasteiger partial charge in [-0.05, 0) is 18.6 Å². The zero-order chi connectivity index (χ0) is 10.6. The van der Waals surface area contributed by atoms with Crippen LogP contribution in [0.2, 0.25) is 0 Å². The van der Waals surface area contributed by atoms with E-state index in [0.29, 0.717) is 18.6 Å². The van der Waals surface area contributed by atoms with Gasteiger partial charge in [0.05, 0.1) is 6.04 Å². The molecule has 1 aromatic rings. The quantitative estimate of drug-likeness (QED) is 0.786. The van der Waals surface area contributed by atoms with Crippen molar-refractivity contribution in [2.45, 2.75) is 39.3 Å². The molecular weight excluding hydrogens is 192 g/mol. The Hall–Kier alpha value is -0.380. The molecule has 1 unspecified atom stereocenters. The van der Waals surface area contributed by atoms with Crippen LogP contribution in [0, 0.1) is 0 Å². The molecule has 3 heteroatoms. The summed E-state index contributed by atoms with van der Waals surface area (Å²) in [5.41, 5.74) is 5.75. The highest BCUT2D eigenvalue weighted by atomic mass is 32.1. The predicted octanol–water partition coefficient (Wildman–Crippen LogP) is 2.31. The summed E-state index contributed by atoms with van der Waals surface area (Å²) < 4.78 is 0. The van der Waals surface area contributed by atoms with Gasteiger partial charge in [-0.25, -0.2) is 0 Å². The van der Waals surface area contributed by atoms with Gasteiger partial charge in [-0.2, -0.15) is 0 Å². The van der Waals surface area contributed by atoms with Gasteiger partial charge in [-0.15, -0.1) is 11.3 Å². The minimum absolute atomic E-state index is 0.320. The molecule has 1 aromatic heterocycles. The first-order valence-electron chi connectivity index (χ1n) is 5.22. The molecule has 0 amide bonds. The van der Waals surface area contributed by atoms with Crippen LogP contribution in [0.1, 0.15) is 36.6 Å². The Labute approximate surface area is 90.5 Å². The van der Waals surface area contributed by atoms with Crippen LogP contribution in [-0.2, 0) is 6.42 Å². The van der Waals surface area contributed by atoms with Crippen LogP contribution in [-0.4, -0.2) is 12.6 Å². The molecule has 3 N–H and O–H groups in total. The molecule has 0 spiro atoms. The van der Waals surface area contributed by atoms with Crippen molar-refractivity contribution in [2.75, 3.05) is 6.54 Å². The lowest BCUT2D eigenvalue weighted by atomic mass is 10.2. The molecular formula is C11H20N2S. The number of hydrogen-bond donors (Lipinski definition) is 2. The van der Waals surface area contributed by atoms with E-state index in [9.17, 15) is 0 Å². The summed E-state index contributed by atoms with van der Waals surface area (Å²) in [4.78, 5) is 2.79. The van der Waals surface area contributed by atoms with Crippen LogP contribution in [0.5, 0.6) is 0 Å². The van der Waals surface area contributed by atoms with Gasteiger partial charge in [0.25, 0.3) is 0 Å². The average molecular weight is 212 g/mol. The Bertz CT molecular complexity index is 268. The standard InChI is InChI=1S/C11H20N2S/c1-4-9-5-6-11(14-9)10(7-12)13-8(2)3/h5-6,8,10,13H,4,7,12H2,1-3H3. The zero-order valence-electron chi connectivity index (χ0n) is 9.21. The SMILES string of the molecule is CCc1ccc(C(CN)NC(C)C)s1. The maximum absolute atomic E-state index is 5.75. The van der Waals surface area contributed by atoms with Crippen LogP contribution in [0.15, 0.2) is 12.1 Å². The lowest BCUT2D eigenvalue weighted by Crippen LogP contribution is -2.32. The van der Waals surface area contributed by atoms with E-state index in [0.717, 1.165) is 6.42 Å². The van der Waals surface area contributed by atoms with E-state index in [4.69, 9.17) is 5.73 Å². The van der Waals surface area contributed by atoms with Crippen molar-refractivity contribution in [2.24, 2.45) is 5.73 Å². The maximum atomic E-state index is 5.75. The molecule has 0 aliphatic heterocycles. The van der Waals surface area contributed by atoms with E-state index in [1.807, 2.05) is 11.3 Å². The van der Waals surface area contributed by atoms with Gasteiger partial charge in [0.15, 0.2) is 0 Å². The molecule has 0 aliphatic rings. The Morgan fingerprint density at radius 1 is 1.43 bits per heavy atom. The first kappa shape index (κ1) is 11.7. The van der Waals surface area contributed by atoms with Gasteiger partial charge in [0.1, 0.15) is 0 Å². The topological polar surface area (TPSA) is 38.0 Å². The Morgan fingerprint density at radius 2 is 2.14 bits per heavy atom. The normalized spacial score (nSPS) is 13.5. The van der Waals surface area contributed by atoms with Crippen molar-refractivity contribution in [1.29, 1.82) is 0 Å². The molecule has 0 aliphatic carbocycles. The van der Waals surface area contributed by atoms with Crippen molar-refractivity contribution in [1.82, 2.24) is 5.32 Å². The number of hydrogen-bond acceptors (Lipinski definition) is 3. The van der Waals surface area contributed by atoms with Gasteiger partial charge >= 0.3 is 0 Å². The second-order valence-corrected chi connectivity index (χ2v) is 4.97. The molecule has 0 fully saturated rings. The second-order valence-electron chi connectivity index (χ2n) is 3.77. The van der Waals surface area contributed by atoms with Crippen molar-refractivity contribution >= 4 is 11.3 Å². The average Bonchev–Trinajstić information content (AvgIpc) is 2.62. The zero-order valence-corrected chi connectivity index (χ0v) is 10.0. The summed E-state index contributed by atoms with van der Waals surface area (Å²) in [6.07, 6.45) is 1.11.